The van der Waals surface area contributed by atoms with Gasteiger partial charge in [0.05, 0.1) is 13.2 Å². The fraction of sp³-hybridized carbons (Fsp3) is 0.909. The third-order valence-corrected chi connectivity index (χ3v) is 2.59. The van der Waals surface area contributed by atoms with Gasteiger partial charge in [0.15, 0.2) is 0 Å². The Morgan fingerprint density at radius 1 is 1.35 bits per heavy atom. The Morgan fingerprint density at radius 2 is 2.00 bits per heavy atom. The molecule has 0 aromatic heterocycles. The minimum atomic E-state index is -1.03. The molecule has 0 saturated heterocycles. The van der Waals surface area contributed by atoms with E-state index in [1.807, 2.05) is 7.05 Å². The number of hydrogen-bond acceptors (Lipinski definition) is 5. The van der Waals surface area contributed by atoms with Crippen LogP contribution in [-0.2, 0) is 14.3 Å². The second-order valence-electron chi connectivity index (χ2n) is 4.29. The fourth-order valence-electron chi connectivity index (χ4n) is 1.36. The Hall–Kier alpha value is -0.690. The summed E-state index contributed by atoms with van der Waals surface area (Å²) in [4.78, 5) is 13.2. The van der Waals surface area contributed by atoms with Gasteiger partial charge in [0, 0.05) is 33.9 Å². The van der Waals surface area contributed by atoms with Crippen molar-refractivity contribution in [2.45, 2.75) is 12.5 Å². The van der Waals surface area contributed by atoms with Gasteiger partial charge in [0.2, 0.25) is 0 Å². The molecule has 0 aliphatic carbocycles. The van der Waals surface area contributed by atoms with Gasteiger partial charge in [0.25, 0.3) is 0 Å². The van der Waals surface area contributed by atoms with E-state index in [-0.39, 0.29) is 6.61 Å². The van der Waals surface area contributed by atoms with Crippen molar-refractivity contribution in [2.75, 3.05) is 54.1 Å². The number of likely N-dealkylation sites (N-methyl/N-ethyl adjacent to an activating group) is 1. The van der Waals surface area contributed by atoms with E-state index >= 15 is 0 Å². The molecule has 1 atom stereocenters. The standard InChI is InChI=1S/C11H24N2O4/c1-11(9-17-4,10(14)15)12-5-6-13(2)7-8-16-3/h12H,5-9H2,1-4H3,(H,14,15). The summed E-state index contributed by atoms with van der Waals surface area (Å²) in [5, 5.41) is 12.1. The van der Waals surface area contributed by atoms with Crippen molar-refractivity contribution in [1.29, 1.82) is 0 Å². The number of rotatable bonds is 10. The molecule has 0 bridgehead atoms. The van der Waals surface area contributed by atoms with Crippen LogP contribution in [0.15, 0.2) is 0 Å². The van der Waals surface area contributed by atoms with Crippen molar-refractivity contribution in [3.8, 4) is 0 Å². The summed E-state index contributed by atoms with van der Waals surface area (Å²) in [5.41, 5.74) is -1.03. The van der Waals surface area contributed by atoms with Crippen molar-refractivity contribution in [3.05, 3.63) is 0 Å². The van der Waals surface area contributed by atoms with E-state index in [1.54, 1.807) is 14.0 Å². The van der Waals surface area contributed by atoms with Gasteiger partial charge in [-0.3, -0.25) is 10.1 Å². The first-order valence-electron chi connectivity index (χ1n) is 5.61. The Bertz CT molecular complexity index is 226. The lowest BCUT2D eigenvalue weighted by molar-refractivity contribution is -0.146. The van der Waals surface area contributed by atoms with Crippen LogP contribution in [0.25, 0.3) is 0 Å². The minimum Gasteiger partial charge on any atom is -0.480 e. The molecule has 0 spiro atoms. The molecule has 0 heterocycles. The van der Waals surface area contributed by atoms with Crippen molar-refractivity contribution in [3.63, 3.8) is 0 Å². The van der Waals surface area contributed by atoms with E-state index < -0.39 is 11.5 Å². The van der Waals surface area contributed by atoms with Gasteiger partial charge < -0.3 is 19.5 Å². The predicted molar refractivity (Wildman–Crippen MR) is 65.3 cm³/mol. The monoisotopic (exact) mass is 248 g/mol. The molecule has 0 fully saturated rings. The average Bonchev–Trinajstić information content (AvgIpc) is 2.26. The highest BCUT2D eigenvalue weighted by Gasteiger charge is 2.32. The van der Waals surface area contributed by atoms with E-state index in [1.165, 1.54) is 7.11 Å². The highest BCUT2D eigenvalue weighted by Crippen LogP contribution is 2.03. The van der Waals surface area contributed by atoms with Crippen LogP contribution in [0.3, 0.4) is 0 Å². The van der Waals surface area contributed by atoms with Crippen LogP contribution < -0.4 is 5.32 Å². The number of nitrogens with one attached hydrogen (secondary N) is 1. The maximum Gasteiger partial charge on any atom is 0.326 e. The van der Waals surface area contributed by atoms with E-state index in [2.05, 4.69) is 10.2 Å². The first-order chi connectivity index (χ1) is 7.96. The number of aliphatic carboxylic acids is 1. The molecule has 2 N–H and O–H groups in total. The summed E-state index contributed by atoms with van der Waals surface area (Å²) in [6, 6.07) is 0. The van der Waals surface area contributed by atoms with Crippen LogP contribution in [0.1, 0.15) is 6.92 Å². The Labute approximate surface area is 103 Å². The van der Waals surface area contributed by atoms with Crippen LogP contribution >= 0.6 is 0 Å². The molecule has 1 unspecified atom stereocenters. The predicted octanol–water partition coefficient (Wildman–Crippen LogP) is -0.356. The van der Waals surface area contributed by atoms with E-state index in [9.17, 15) is 4.79 Å². The highest BCUT2D eigenvalue weighted by molar-refractivity contribution is 5.78. The quantitative estimate of drug-likeness (QED) is 0.550. The van der Waals surface area contributed by atoms with Crippen LogP contribution in [0, 0.1) is 0 Å². The van der Waals surface area contributed by atoms with Gasteiger partial charge in [-0.25, -0.2) is 0 Å². The molecule has 0 aromatic rings. The number of hydrogen-bond donors (Lipinski definition) is 2. The second-order valence-corrected chi connectivity index (χ2v) is 4.29. The molecule has 0 aromatic carbocycles. The zero-order valence-electron chi connectivity index (χ0n) is 11.2. The molecule has 0 radical (unpaired) electrons. The summed E-state index contributed by atoms with van der Waals surface area (Å²) in [6.45, 7) is 4.61. The zero-order valence-corrected chi connectivity index (χ0v) is 11.2. The summed E-state index contributed by atoms with van der Waals surface area (Å²) in [7, 11) is 5.12. The maximum atomic E-state index is 11.1. The molecular formula is C11H24N2O4. The Morgan fingerprint density at radius 3 is 2.47 bits per heavy atom. The average molecular weight is 248 g/mol. The summed E-state index contributed by atoms with van der Waals surface area (Å²) < 4.78 is 9.87. The van der Waals surface area contributed by atoms with Gasteiger partial charge >= 0.3 is 5.97 Å². The van der Waals surface area contributed by atoms with E-state index in [0.29, 0.717) is 13.2 Å². The van der Waals surface area contributed by atoms with Crippen molar-refractivity contribution in [2.24, 2.45) is 0 Å². The van der Waals surface area contributed by atoms with Crippen LogP contribution in [-0.4, -0.2) is 75.6 Å². The van der Waals surface area contributed by atoms with Gasteiger partial charge in [-0.1, -0.05) is 0 Å². The summed E-state index contributed by atoms with van der Waals surface area (Å²) in [5.74, 6) is -0.904. The lowest BCUT2D eigenvalue weighted by Crippen LogP contribution is -2.54. The van der Waals surface area contributed by atoms with Crippen LogP contribution in [0.5, 0.6) is 0 Å². The number of carboxylic acids is 1. The first kappa shape index (κ1) is 16.3. The molecule has 0 saturated carbocycles. The van der Waals surface area contributed by atoms with Gasteiger partial charge in [-0.2, -0.15) is 0 Å². The topological polar surface area (TPSA) is 71.0 Å². The summed E-state index contributed by atoms with van der Waals surface area (Å²) in [6.07, 6.45) is 0. The number of nitrogens with zero attached hydrogens (tertiary/aromatic N) is 1. The lowest BCUT2D eigenvalue weighted by atomic mass is 10.0. The smallest absolute Gasteiger partial charge is 0.326 e. The highest BCUT2D eigenvalue weighted by atomic mass is 16.5. The minimum absolute atomic E-state index is 0.143. The molecule has 0 rings (SSSR count). The number of carboxylic acid groups (broad SMARTS) is 1. The number of carbonyl (C=O) groups is 1. The third kappa shape index (κ3) is 6.58. The summed E-state index contributed by atoms with van der Waals surface area (Å²) >= 11 is 0. The van der Waals surface area contributed by atoms with Crippen molar-refractivity contribution < 1.29 is 19.4 Å². The van der Waals surface area contributed by atoms with Gasteiger partial charge in [-0.05, 0) is 14.0 Å². The van der Waals surface area contributed by atoms with Crippen LogP contribution in [0.4, 0.5) is 0 Å². The molecule has 6 heteroatoms. The SMILES string of the molecule is COCCN(C)CCNC(C)(COC)C(=O)O. The molecule has 0 aliphatic heterocycles. The molecular weight excluding hydrogens is 224 g/mol. The maximum absolute atomic E-state index is 11.1. The third-order valence-electron chi connectivity index (χ3n) is 2.59. The Kier molecular flexibility index (Phi) is 8.07. The first-order valence-corrected chi connectivity index (χ1v) is 5.61. The largest absolute Gasteiger partial charge is 0.480 e. The van der Waals surface area contributed by atoms with Crippen LogP contribution in [0.2, 0.25) is 0 Å². The van der Waals surface area contributed by atoms with Gasteiger partial charge in [0.1, 0.15) is 5.54 Å². The molecule has 0 aliphatic rings. The lowest BCUT2D eigenvalue weighted by Gasteiger charge is -2.26. The van der Waals surface area contributed by atoms with Crippen molar-refractivity contribution in [1.82, 2.24) is 10.2 Å². The number of methoxy groups -OCH3 is 2. The van der Waals surface area contributed by atoms with E-state index in [4.69, 9.17) is 14.6 Å². The zero-order chi connectivity index (χ0) is 13.3. The van der Waals surface area contributed by atoms with E-state index in [0.717, 1.165) is 13.1 Å². The van der Waals surface area contributed by atoms with Gasteiger partial charge in [-0.15, -0.1) is 0 Å². The van der Waals surface area contributed by atoms with Crippen molar-refractivity contribution >= 4 is 5.97 Å². The number of ether oxygens (including phenoxy) is 2. The molecule has 0 amide bonds. The normalized spacial score (nSPS) is 14.9. The molecule has 6 nitrogen and oxygen atoms in total. The fourth-order valence-corrected chi connectivity index (χ4v) is 1.36. The molecule has 17 heavy (non-hydrogen) atoms. The molecule has 102 valence electrons. The Balaban J connectivity index is 3.94. The second kappa shape index (κ2) is 8.41.